The smallest absolute Gasteiger partial charge is 0.223 e. The largest absolute Gasteiger partial charge is 0.281 e. The molecule has 62 valence electrons. The summed E-state index contributed by atoms with van der Waals surface area (Å²) < 4.78 is -0.119. The molecule has 0 unspecified atom stereocenters. The molecule has 1 nitrogen and oxygen atoms in total. The van der Waals surface area contributed by atoms with E-state index in [1.165, 1.54) is 0 Å². The first-order valence-electron chi connectivity index (χ1n) is 3.61. The third-order valence-electron chi connectivity index (χ3n) is 1.54. The molecule has 0 aliphatic rings. The fraction of sp³-hybridized carbons (Fsp3) is 0.100. The summed E-state index contributed by atoms with van der Waals surface area (Å²) in [5, 5.41) is 0. The quantitative estimate of drug-likeness (QED) is 0.571. The molecule has 0 atom stereocenters. The van der Waals surface area contributed by atoms with E-state index in [2.05, 4.69) is 22.5 Å². The number of allylic oxidation sites excluding steroid dienone is 1. The van der Waals surface area contributed by atoms with Crippen molar-refractivity contribution < 1.29 is 4.79 Å². The third-order valence-corrected chi connectivity index (χ3v) is 2.10. The van der Waals surface area contributed by atoms with Gasteiger partial charge in [-0.15, -0.1) is 0 Å². The van der Waals surface area contributed by atoms with Crippen molar-refractivity contribution in [2.45, 2.75) is 6.42 Å². The highest BCUT2D eigenvalue weighted by molar-refractivity contribution is 9.18. The van der Waals surface area contributed by atoms with Gasteiger partial charge in [-0.2, -0.15) is 0 Å². The van der Waals surface area contributed by atoms with E-state index in [1.54, 1.807) is 0 Å². The Morgan fingerprint density at radius 3 is 2.42 bits per heavy atom. The van der Waals surface area contributed by atoms with Crippen LogP contribution < -0.4 is 0 Å². The van der Waals surface area contributed by atoms with Crippen molar-refractivity contribution in [2.24, 2.45) is 0 Å². The van der Waals surface area contributed by atoms with E-state index in [0.29, 0.717) is 12.0 Å². The molecule has 2 heteroatoms. The number of carbonyl (C=O) groups excluding carboxylic acids is 1. The van der Waals surface area contributed by atoms with E-state index in [0.717, 1.165) is 5.56 Å². The molecule has 0 radical (unpaired) electrons. The van der Waals surface area contributed by atoms with E-state index < -0.39 is 0 Å². The van der Waals surface area contributed by atoms with Crippen LogP contribution in [0.1, 0.15) is 5.56 Å². The highest BCUT2D eigenvalue weighted by atomic mass is 79.9. The fourth-order valence-corrected chi connectivity index (χ4v) is 1.05. The van der Waals surface area contributed by atoms with Gasteiger partial charge in [-0.05, 0) is 21.5 Å². The fourth-order valence-electron chi connectivity index (χ4n) is 0.912. The van der Waals surface area contributed by atoms with Gasteiger partial charge < -0.3 is 0 Å². The standard InChI is InChI=1S/C10H9BrO/c1-8(10(11)12)7-9-5-3-2-4-6-9/h2-6H,1,7H2. The Hall–Kier alpha value is -0.890. The molecule has 0 fully saturated rings. The van der Waals surface area contributed by atoms with Crippen molar-refractivity contribution in [1.29, 1.82) is 0 Å². The van der Waals surface area contributed by atoms with Crippen molar-refractivity contribution in [3.8, 4) is 0 Å². The lowest BCUT2D eigenvalue weighted by Gasteiger charge is -1.99. The zero-order valence-corrected chi connectivity index (χ0v) is 8.17. The van der Waals surface area contributed by atoms with E-state index in [1.807, 2.05) is 30.3 Å². The second kappa shape index (κ2) is 4.21. The zero-order valence-electron chi connectivity index (χ0n) is 6.59. The van der Waals surface area contributed by atoms with Crippen molar-refractivity contribution >= 4 is 20.6 Å². The van der Waals surface area contributed by atoms with Gasteiger partial charge in [-0.25, -0.2) is 0 Å². The van der Waals surface area contributed by atoms with E-state index in [9.17, 15) is 4.79 Å². The summed E-state index contributed by atoms with van der Waals surface area (Å²) in [6.45, 7) is 3.65. The number of benzene rings is 1. The molecule has 0 aromatic heterocycles. The number of carbonyl (C=O) groups is 1. The first-order valence-corrected chi connectivity index (χ1v) is 4.41. The van der Waals surface area contributed by atoms with Gasteiger partial charge >= 0.3 is 0 Å². The molecule has 0 heterocycles. The second-order valence-corrected chi connectivity index (χ2v) is 3.26. The molecule has 0 aliphatic carbocycles. The molecule has 0 bridgehead atoms. The number of hydrogen-bond acceptors (Lipinski definition) is 1. The number of halogens is 1. The van der Waals surface area contributed by atoms with E-state index in [-0.39, 0.29) is 4.69 Å². The Balaban J connectivity index is 2.65. The van der Waals surface area contributed by atoms with Crippen LogP contribution in [0.25, 0.3) is 0 Å². The molecular weight excluding hydrogens is 216 g/mol. The van der Waals surface area contributed by atoms with Crippen molar-refractivity contribution in [2.75, 3.05) is 0 Å². The van der Waals surface area contributed by atoms with E-state index >= 15 is 0 Å². The highest BCUT2D eigenvalue weighted by Gasteiger charge is 2.02. The van der Waals surface area contributed by atoms with Crippen LogP contribution >= 0.6 is 15.9 Å². The van der Waals surface area contributed by atoms with Crippen molar-refractivity contribution in [3.63, 3.8) is 0 Å². The number of rotatable bonds is 3. The van der Waals surface area contributed by atoms with Crippen LogP contribution in [-0.2, 0) is 11.2 Å². The van der Waals surface area contributed by atoms with Crippen LogP contribution in [0, 0.1) is 0 Å². The van der Waals surface area contributed by atoms with Gasteiger partial charge in [0.25, 0.3) is 0 Å². The monoisotopic (exact) mass is 224 g/mol. The normalized spacial score (nSPS) is 9.42. The topological polar surface area (TPSA) is 17.1 Å². The summed E-state index contributed by atoms with van der Waals surface area (Å²) in [7, 11) is 0. The lowest BCUT2D eigenvalue weighted by Crippen LogP contribution is -1.95. The molecule has 1 aromatic rings. The predicted octanol–water partition coefficient (Wildman–Crippen LogP) is 2.71. The Bertz CT molecular complexity index is 290. The molecule has 0 saturated heterocycles. The molecule has 12 heavy (non-hydrogen) atoms. The Morgan fingerprint density at radius 1 is 1.33 bits per heavy atom. The van der Waals surface area contributed by atoms with Crippen LogP contribution in [0.5, 0.6) is 0 Å². The average Bonchev–Trinajstić information content (AvgIpc) is 2.06. The molecule has 0 N–H and O–H groups in total. The molecule has 0 spiro atoms. The third kappa shape index (κ3) is 2.62. The second-order valence-electron chi connectivity index (χ2n) is 2.54. The minimum absolute atomic E-state index is 0.119. The maximum Gasteiger partial charge on any atom is 0.223 e. The SMILES string of the molecule is C=C(Cc1ccccc1)C(=O)Br. The number of hydrogen-bond donors (Lipinski definition) is 0. The summed E-state index contributed by atoms with van der Waals surface area (Å²) in [5.41, 5.74) is 1.69. The van der Waals surface area contributed by atoms with Crippen LogP contribution in [0.4, 0.5) is 0 Å². The van der Waals surface area contributed by atoms with Gasteiger partial charge in [0.05, 0.1) is 0 Å². The maximum atomic E-state index is 10.8. The molecule has 0 amide bonds. The van der Waals surface area contributed by atoms with Crippen LogP contribution in [0.3, 0.4) is 0 Å². The average molecular weight is 225 g/mol. The van der Waals surface area contributed by atoms with Crippen LogP contribution in [0.15, 0.2) is 42.5 Å². The molecule has 1 aromatic carbocycles. The summed E-state index contributed by atoms with van der Waals surface area (Å²) >= 11 is 2.86. The molecule has 1 rings (SSSR count). The lowest BCUT2D eigenvalue weighted by atomic mass is 10.1. The summed E-state index contributed by atoms with van der Waals surface area (Å²) in [6, 6.07) is 9.78. The first kappa shape index (κ1) is 9.20. The minimum atomic E-state index is -0.119. The summed E-state index contributed by atoms with van der Waals surface area (Å²) in [6.07, 6.45) is 0.616. The Labute approximate surface area is 80.2 Å². The van der Waals surface area contributed by atoms with Crippen molar-refractivity contribution in [1.82, 2.24) is 0 Å². The van der Waals surface area contributed by atoms with Gasteiger partial charge in [-0.3, -0.25) is 4.79 Å². The predicted molar refractivity (Wildman–Crippen MR) is 53.2 cm³/mol. The van der Waals surface area contributed by atoms with Gasteiger partial charge in [-0.1, -0.05) is 36.9 Å². The minimum Gasteiger partial charge on any atom is -0.281 e. The Kier molecular flexibility index (Phi) is 3.23. The van der Waals surface area contributed by atoms with Crippen LogP contribution in [-0.4, -0.2) is 4.69 Å². The van der Waals surface area contributed by atoms with Gasteiger partial charge in [0.15, 0.2) is 0 Å². The summed E-state index contributed by atoms with van der Waals surface area (Å²) in [5.74, 6) is 0. The molecule has 0 saturated carbocycles. The van der Waals surface area contributed by atoms with E-state index in [4.69, 9.17) is 0 Å². The van der Waals surface area contributed by atoms with Crippen LogP contribution in [0.2, 0.25) is 0 Å². The summed E-state index contributed by atoms with van der Waals surface area (Å²) in [4.78, 5) is 10.8. The first-order chi connectivity index (χ1) is 5.70. The van der Waals surface area contributed by atoms with Gasteiger partial charge in [0, 0.05) is 12.0 Å². The molecular formula is C10H9BrO. The molecule has 0 aliphatic heterocycles. The van der Waals surface area contributed by atoms with Gasteiger partial charge in [0.1, 0.15) is 0 Å². The maximum absolute atomic E-state index is 10.8. The Morgan fingerprint density at radius 2 is 1.92 bits per heavy atom. The van der Waals surface area contributed by atoms with Gasteiger partial charge in [0.2, 0.25) is 4.69 Å². The van der Waals surface area contributed by atoms with Crippen molar-refractivity contribution in [3.05, 3.63) is 48.0 Å². The zero-order chi connectivity index (χ0) is 8.97. The highest BCUT2D eigenvalue weighted by Crippen LogP contribution is 2.09. The lowest BCUT2D eigenvalue weighted by molar-refractivity contribution is -0.107.